The summed E-state index contributed by atoms with van der Waals surface area (Å²) in [5, 5.41) is 14.7. The van der Waals surface area contributed by atoms with Crippen LogP contribution in [0.3, 0.4) is 0 Å². The largest absolute Gasteiger partial charge is 0.493 e. The fraction of sp³-hybridized carbons (Fsp3) is 0.480. The zero-order chi connectivity index (χ0) is 24.5. The maximum Gasteiger partial charge on any atom is 0.286 e. The number of nitrogens with zero attached hydrogens (tertiary/aromatic N) is 1. The van der Waals surface area contributed by atoms with E-state index in [9.17, 15) is 14.9 Å². The Morgan fingerprint density at radius 1 is 1.03 bits per heavy atom. The third-order valence-corrected chi connectivity index (χ3v) is 5.20. The summed E-state index contributed by atoms with van der Waals surface area (Å²) < 4.78 is 15.8. The molecule has 8 nitrogen and oxygen atoms in total. The number of methoxy groups -OCH3 is 2. The quantitative estimate of drug-likeness (QED) is 0.274. The van der Waals surface area contributed by atoms with E-state index in [0.29, 0.717) is 12.5 Å². The van der Waals surface area contributed by atoms with E-state index in [4.69, 9.17) is 14.2 Å². The molecule has 0 aromatic heterocycles. The van der Waals surface area contributed by atoms with E-state index in [1.165, 1.54) is 31.9 Å². The van der Waals surface area contributed by atoms with E-state index >= 15 is 0 Å². The first-order chi connectivity index (χ1) is 15.7. The van der Waals surface area contributed by atoms with Crippen LogP contribution in [-0.2, 0) is 11.2 Å². The zero-order valence-electron chi connectivity index (χ0n) is 20.2. The minimum atomic E-state index is -0.595. The number of rotatable bonds is 12. The summed E-state index contributed by atoms with van der Waals surface area (Å²) in [5.74, 6) is 0.490. The number of benzene rings is 2. The first-order valence-corrected chi connectivity index (χ1v) is 11.1. The number of amides is 1. The lowest BCUT2D eigenvalue weighted by Gasteiger charge is -2.23. The SMILES string of the molecule is COCCOc1cc([N+](=O)[O-])c(C(=O)NC(c2ccc(CC(C)C)cc2)C(C)C)cc1OC. The third kappa shape index (κ3) is 7.18. The summed E-state index contributed by atoms with van der Waals surface area (Å²) in [6.07, 6.45) is 0.976. The van der Waals surface area contributed by atoms with Crippen LogP contribution in [0.25, 0.3) is 0 Å². The van der Waals surface area contributed by atoms with Gasteiger partial charge in [0.15, 0.2) is 11.5 Å². The van der Waals surface area contributed by atoms with Crippen molar-refractivity contribution in [2.75, 3.05) is 27.4 Å². The molecule has 0 radical (unpaired) electrons. The van der Waals surface area contributed by atoms with Gasteiger partial charge in [-0.1, -0.05) is 52.0 Å². The van der Waals surface area contributed by atoms with Crippen molar-refractivity contribution in [1.29, 1.82) is 0 Å². The van der Waals surface area contributed by atoms with Crippen LogP contribution in [0.1, 0.15) is 55.2 Å². The summed E-state index contributed by atoms with van der Waals surface area (Å²) >= 11 is 0. The van der Waals surface area contributed by atoms with Gasteiger partial charge in [0.25, 0.3) is 11.6 Å². The number of nitro benzene ring substituents is 1. The topological polar surface area (TPSA) is 99.9 Å². The Labute approximate surface area is 195 Å². The second-order valence-corrected chi connectivity index (χ2v) is 8.65. The molecule has 1 unspecified atom stereocenters. The van der Waals surface area contributed by atoms with Crippen molar-refractivity contribution in [1.82, 2.24) is 5.32 Å². The molecule has 0 aliphatic heterocycles. The fourth-order valence-electron chi connectivity index (χ4n) is 3.58. The van der Waals surface area contributed by atoms with Crippen molar-refractivity contribution in [3.63, 3.8) is 0 Å². The van der Waals surface area contributed by atoms with Gasteiger partial charge in [0, 0.05) is 13.2 Å². The predicted octanol–water partition coefficient (Wildman–Crippen LogP) is 4.95. The van der Waals surface area contributed by atoms with Crippen molar-refractivity contribution in [2.24, 2.45) is 11.8 Å². The molecule has 180 valence electrons. The molecule has 8 heteroatoms. The first-order valence-electron chi connectivity index (χ1n) is 11.1. The highest BCUT2D eigenvalue weighted by Gasteiger charge is 2.27. The van der Waals surface area contributed by atoms with Crippen LogP contribution in [0, 0.1) is 22.0 Å². The standard InChI is InChI=1S/C25H34N2O6/c1-16(2)13-18-7-9-19(10-8-18)24(17(3)4)26-25(28)20-14-22(32-6)23(33-12-11-31-5)15-21(20)27(29)30/h7-10,14-17,24H,11-13H2,1-6H3,(H,26,28). The van der Waals surface area contributed by atoms with Gasteiger partial charge in [-0.2, -0.15) is 0 Å². The maximum absolute atomic E-state index is 13.2. The normalized spacial score (nSPS) is 12.0. The second-order valence-electron chi connectivity index (χ2n) is 8.65. The summed E-state index contributed by atoms with van der Waals surface area (Å²) in [6, 6.07) is 10.4. The van der Waals surface area contributed by atoms with Gasteiger partial charge in [-0.05, 0) is 29.4 Å². The van der Waals surface area contributed by atoms with Crippen LogP contribution in [0.15, 0.2) is 36.4 Å². The monoisotopic (exact) mass is 458 g/mol. The van der Waals surface area contributed by atoms with E-state index < -0.39 is 10.8 Å². The Morgan fingerprint density at radius 3 is 2.21 bits per heavy atom. The Hall–Kier alpha value is -3.13. The van der Waals surface area contributed by atoms with Crippen LogP contribution in [0.2, 0.25) is 0 Å². The lowest BCUT2D eigenvalue weighted by Crippen LogP contribution is -2.32. The molecule has 0 bridgehead atoms. The second kappa shape index (κ2) is 12.2. The predicted molar refractivity (Wildman–Crippen MR) is 127 cm³/mol. The molecule has 2 aromatic carbocycles. The lowest BCUT2D eigenvalue weighted by molar-refractivity contribution is -0.385. The van der Waals surface area contributed by atoms with Crippen LogP contribution < -0.4 is 14.8 Å². The highest BCUT2D eigenvalue weighted by Crippen LogP contribution is 2.35. The average molecular weight is 459 g/mol. The molecular weight excluding hydrogens is 424 g/mol. The smallest absolute Gasteiger partial charge is 0.286 e. The molecule has 0 spiro atoms. The molecule has 0 saturated heterocycles. The molecule has 0 saturated carbocycles. The molecule has 0 aliphatic rings. The van der Waals surface area contributed by atoms with Gasteiger partial charge in [0.05, 0.1) is 30.7 Å². The molecule has 1 atom stereocenters. The third-order valence-electron chi connectivity index (χ3n) is 5.20. The summed E-state index contributed by atoms with van der Waals surface area (Å²) in [7, 11) is 2.95. The summed E-state index contributed by atoms with van der Waals surface area (Å²) in [5.41, 5.74) is 1.74. The van der Waals surface area contributed by atoms with Gasteiger partial charge in [-0.15, -0.1) is 0 Å². The highest BCUT2D eigenvalue weighted by atomic mass is 16.6. The Balaban J connectivity index is 2.34. The van der Waals surface area contributed by atoms with Gasteiger partial charge < -0.3 is 19.5 Å². The van der Waals surface area contributed by atoms with E-state index in [1.54, 1.807) is 0 Å². The first kappa shape index (κ1) is 26.1. The number of hydrogen-bond donors (Lipinski definition) is 1. The Bertz CT molecular complexity index is 941. The summed E-state index contributed by atoms with van der Waals surface area (Å²) in [6.45, 7) is 8.83. The molecule has 0 heterocycles. The molecule has 33 heavy (non-hydrogen) atoms. The van der Waals surface area contributed by atoms with Crippen LogP contribution >= 0.6 is 0 Å². The molecule has 0 aliphatic carbocycles. The average Bonchev–Trinajstić information content (AvgIpc) is 2.77. The van der Waals surface area contributed by atoms with E-state index in [2.05, 4.69) is 31.3 Å². The minimum Gasteiger partial charge on any atom is -0.493 e. The number of carbonyl (C=O) groups is 1. The molecular formula is C25H34N2O6. The van der Waals surface area contributed by atoms with Gasteiger partial charge in [-0.3, -0.25) is 14.9 Å². The highest BCUT2D eigenvalue weighted by molar-refractivity contribution is 5.99. The molecule has 2 rings (SSSR count). The van der Waals surface area contributed by atoms with Gasteiger partial charge in [0.2, 0.25) is 0 Å². The van der Waals surface area contributed by atoms with Crippen molar-refractivity contribution in [2.45, 2.75) is 40.2 Å². The minimum absolute atomic E-state index is 0.0718. The Kier molecular flexibility index (Phi) is 9.66. The van der Waals surface area contributed by atoms with E-state index in [-0.39, 0.29) is 41.3 Å². The van der Waals surface area contributed by atoms with Crippen molar-refractivity contribution in [3.8, 4) is 11.5 Å². The van der Waals surface area contributed by atoms with Gasteiger partial charge in [-0.25, -0.2) is 0 Å². The molecule has 1 amide bonds. The Morgan fingerprint density at radius 2 is 1.70 bits per heavy atom. The maximum atomic E-state index is 13.2. The number of ether oxygens (including phenoxy) is 3. The zero-order valence-corrected chi connectivity index (χ0v) is 20.2. The van der Waals surface area contributed by atoms with Crippen LogP contribution in [0.4, 0.5) is 5.69 Å². The van der Waals surface area contributed by atoms with Gasteiger partial charge >= 0.3 is 0 Å². The molecule has 2 aromatic rings. The van der Waals surface area contributed by atoms with Gasteiger partial charge in [0.1, 0.15) is 12.2 Å². The number of carbonyl (C=O) groups excluding carboxylic acids is 1. The van der Waals surface area contributed by atoms with Crippen molar-refractivity contribution in [3.05, 3.63) is 63.2 Å². The molecule has 1 N–H and O–H groups in total. The lowest BCUT2D eigenvalue weighted by atomic mass is 9.93. The molecule has 0 fully saturated rings. The fourth-order valence-corrected chi connectivity index (χ4v) is 3.58. The number of nitro groups is 1. The number of nitrogens with one attached hydrogen (secondary N) is 1. The van der Waals surface area contributed by atoms with E-state index in [0.717, 1.165) is 12.0 Å². The summed E-state index contributed by atoms with van der Waals surface area (Å²) in [4.78, 5) is 24.3. The van der Waals surface area contributed by atoms with Crippen LogP contribution in [-0.4, -0.2) is 38.3 Å². The van der Waals surface area contributed by atoms with Crippen LogP contribution in [0.5, 0.6) is 11.5 Å². The number of hydrogen-bond acceptors (Lipinski definition) is 6. The van der Waals surface area contributed by atoms with Crippen molar-refractivity contribution < 1.29 is 23.9 Å². The van der Waals surface area contributed by atoms with E-state index in [1.807, 2.05) is 26.0 Å². The van der Waals surface area contributed by atoms with Crippen molar-refractivity contribution >= 4 is 11.6 Å².